The Morgan fingerprint density at radius 1 is 0.966 bits per heavy atom. The zero-order valence-corrected chi connectivity index (χ0v) is 33.9. The number of benzene rings is 1. The van der Waals surface area contributed by atoms with Gasteiger partial charge in [0.05, 0.1) is 25.3 Å². The van der Waals surface area contributed by atoms with Crippen molar-refractivity contribution in [1.29, 1.82) is 0 Å². The maximum absolute atomic E-state index is 14.6. The molecule has 1 unspecified atom stereocenters. The highest BCUT2D eigenvalue weighted by Gasteiger charge is 2.62. The number of pyridine rings is 1. The summed E-state index contributed by atoms with van der Waals surface area (Å²) in [5.74, 6) is 0.493. The van der Waals surface area contributed by atoms with E-state index in [0.29, 0.717) is 84.8 Å². The number of hydrogen-bond acceptors (Lipinski definition) is 10. The first-order valence-electron chi connectivity index (χ1n) is 21.7. The lowest BCUT2D eigenvalue weighted by Gasteiger charge is -2.29. The van der Waals surface area contributed by atoms with E-state index in [1.165, 1.54) is 11.3 Å². The predicted molar refractivity (Wildman–Crippen MR) is 213 cm³/mol. The summed E-state index contributed by atoms with van der Waals surface area (Å²) in [5, 5.41) is 17.2. The molecule has 4 saturated carbocycles. The van der Waals surface area contributed by atoms with Gasteiger partial charge >= 0.3 is 12.1 Å². The van der Waals surface area contributed by atoms with Crippen LogP contribution < -0.4 is 20.1 Å². The fourth-order valence-electron chi connectivity index (χ4n) is 9.95. The van der Waals surface area contributed by atoms with Crippen LogP contribution in [0.2, 0.25) is 5.02 Å². The van der Waals surface area contributed by atoms with Crippen molar-refractivity contribution in [1.82, 2.24) is 25.4 Å². The molecule has 1 aromatic carbocycles. The number of nitrogens with one attached hydrogen (secondary N) is 2. The first-order chi connectivity index (χ1) is 28.1. The molecule has 3 aliphatic heterocycles. The summed E-state index contributed by atoms with van der Waals surface area (Å²) in [4.78, 5) is 63.6. The molecule has 0 bridgehead atoms. The first-order valence-corrected chi connectivity index (χ1v) is 22.1. The summed E-state index contributed by atoms with van der Waals surface area (Å²) < 4.78 is 24.2. The lowest BCUT2D eigenvalue weighted by atomic mass is 10.0. The van der Waals surface area contributed by atoms with Gasteiger partial charge in [0, 0.05) is 49.1 Å². The highest BCUT2D eigenvalue weighted by molar-refractivity contribution is 6.36. The van der Waals surface area contributed by atoms with Gasteiger partial charge < -0.3 is 39.6 Å². The van der Waals surface area contributed by atoms with E-state index in [-0.39, 0.29) is 30.9 Å². The highest BCUT2D eigenvalue weighted by atomic mass is 35.5. The van der Waals surface area contributed by atoms with E-state index in [2.05, 4.69) is 15.5 Å². The van der Waals surface area contributed by atoms with Gasteiger partial charge in [-0.15, -0.1) is 0 Å². The number of fused-ring (bicyclic) bond motifs is 4. The number of hydrogen-bond donors (Lipinski definition) is 3. The Labute approximate surface area is 344 Å². The van der Waals surface area contributed by atoms with Gasteiger partial charge in [-0.05, 0) is 81.3 Å². The zero-order valence-electron chi connectivity index (χ0n) is 33.1. The Kier molecular flexibility index (Phi) is 11.4. The lowest BCUT2D eigenvalue weighted by Crippen LogP contribution is -2.56. The van der Waals surface area contributed by atoms with Gasteiger partial charge in [0.25, 0.3) is 0 Å². The normalized spacial score (nSPS) is 32.8. The second-order valence-corrected chi connectivity index (χ2v) is 18.2. The first kappa shape index (κ1) is 39.6. The Morgan fingerprint density at radius 3 is 2.48 bits per heavy atom. The molecule has 58 heavy (non-hydrogen) atoms. The third-order valence-corrected chi connectivity index (χ3v) is 14.1. The molecule has 9 rings (SSSR count). The molecule has 8 atom stereocenters. The molecular weight excluding hydrogens is 766 g/mol. The predicted octanol–water partition coefficient (Wildman–Crippen LogP) is 5.42. The van der Waals surface area contributed by atoms with Gasteiger partial charge in [-0.2, -0.15) is 0 Å². The summed E-state index contributed by atoms with van der Waals surface area (Å²) >= 11 is 7.01. The summed E-state index contributed by atoms with van der Waals surface area (Å²) in [6, 6.07) is 3.74. The van der Waals surface area contributed by atoms with Crippen molar-refractivity contribution in [2.75, 3.05) is 46.0 Å². The molecule has 314 valence electrons. The second kappa shape index (κ2) is 16.6. The number of amides is 3. The van der Waals surface area contributed by atoms with E-state index in [0.717, 1.165) is 76.7 Å². The average molecular weight is 822 g/mol. The third-order valence-electron chi connectivity index (χ3n) is 13.7. The Bertz CT molecular complexity index is 1900. The number of rotatable bonds is 10. The molecule has 14 nitrogen and oxygen atoms in total. The van der Waals surface area contributed by atoms with Gasteiger partial charge in [-0.25, -0.2) is 9.59 Å². The molecule has 3 amide bonds. The number of carbonyl (C=O) groups is 4. The van der Waals surface area contributed by atoms with Crippen molar-refractivity contribution in [3.63, 3.8) is 0 Å². The number of aromatic nitrogens is 1. The number of ether oxygens (including phenoxy) is 4. The minimum atomic E-state index is -1.35. The maximum Gasteiger partial charge on any atom is 0.408 e. The fraction of sp³-hybridized carbons (Fsp3) is 0.698. The van der Waals surface area contributed by atoms with Crippen molar-refractivity contribution in [2.24, 2.45) is 17.8 Å². The van der Waals surface area contributed by atoms with E-state index in [1.54, 1.807) is 0 Å². The van der Waals surface area contributed by atoms with Crippen LogP contribution >= 0.6 is 11.6 Å². The van der Waals surface area contributed by atoms with Crippen molar-refractivity contribution < 1.29 is 43.2 Å². The molecule has 4 heterocycles. The molecule has 3 N–H and O–H groups in total. The van der Waals surface area contributed by atoms with Crippen LogP contribution in [0.5, 0.6) is 11.5 Å². The number of morpholine rings is 1. The van der Waals surface area contributed by atoms with E-state index >= 15 is 0 Å². The van der Waals surface area contributed by atoms with E-state index < -0.39 is 47.6 Å². The average Bonchev–Trinajstić information content (AvgIpc) is 4.18. The Balaban J connectivity index is 0.966. The largest absolute Gasteiger partial charge is 0.491 e. The minimum Gasteiger partial charge on any atom is -0.491 e. The fourth-order valence-corrected chi connectivity index (χ4v) is 10.2. The number of nitrogens with zero attached hydrogens (tertiary/aromatic N) is 3. The van der Waals surface area contributed by atoms with Crippen LogP contribution in [-0.4, -0.2) is 120 Å². The van der Waals surface area contributed by atoms with Crippen molar-refractivity contribution in [3.05, 3.63) is 28.9 Å². The molecule has 4 aliphatic carbocycles. The SMILES string of the molecule is O=C(N[C@H]1CCCCCCC[C@H]2C[C@@]2(C(=O)O)NC(=O)[C@@H]2C[C@@H](Oc3cc(C4CC4)nc4c(Cl)c(OCCN5CCOCC5)ccc34)CN2C1=O)OC1C[C@@H]2C[C@@H]2C1. The third kappa shape index (κ3) is 8.56. The van der Waals surface area contributed by atoms with Gasteiger partial charge in [0.2, 0.25) is 11.8 Å². The molecule has 7 fully saturated rings. The number of carboxylic acid groups (broad SMARTS) is 1. The lowest BCUT2D eigenvalue weighted by molar-refractivity contribution is -0.146. The molecule has 0 radical (unpaired) electrons. The summed E-state index contributed by atoms with van der Waals surface area (Å²) in [6.07, 6.45) is 9.48. The van der Waals surface area contributed by atoms with E-state index in [4.69, 9.17) is 35.5 Å². The van der Waals surface area contributed by atoms with Gasteiger partial charge in [0.1, 0.15) is 53.0 Å². The van der Waals surface area contributed by atoms with Gasteiger partial charge in [-0.3, -0.25) is 19.5 Å². The van der Waals surface area contributed by atoms with Gasteiger partial charge in [0.15, 0.2) is 0 Å². The molecule has 2 aromatic rings. The topological polar surface area (TPSA) is 169 Å². The van der Waals surface area contributed by atoms with E-state index in [1.807, 2.05) is 18.2 Å². The Hall–Kier alpha value is -3.88. The number of carbonyl (C=O) groups excluding carboxylic acids is 3. The van der Waals surface area contributed by atoms with Crippen molar-refractivity contribution in [3.8, 4) is 11.5 Å². The summed E-state index contributed by atoms with van der Waals surface area (Å²) in [6.45, 7) is 4.43. The summed E-state index contributed by atoms with van der Waals surface area (Å²) in [7, 11) is 0. The number of halogens is 1. The number of alkyl carbamates (subject to hydrolysis) is 1. The summed E-state index contributed by atoms with van der Waals surface area (Å²) in [5.41, 5.74) is 0.0762. The van der Waals surface area contributed by atoms with Crippen LogP contribution in [0.25, 0.3) is 10.9 Å². The molecular formula is C43H56ClN5O9. The molecule has 3 saturated heterocycles. The molecule has 7 aliphatic rings. The Morgan fingerprint density at radius 2 is 1.72 bits per heavy atom. The smallest absolute Gasteiger partial charge is 0.408 e. The standard InChI is InChI=1S/C43H56ClN5O9/c44-37-35(56-17-14-48-12-15-55-16-13-48)11-10-31-36(22-33(25-8-9-25)45-38(31)37)57-30-21-34-39(50)47-43(41(52)53)23-28(43)6-4-2-1-3-5-7-32(40(51)49(34)24-30)46-42(54)58-29-19-26-18-27(26)20-29/h10-11,22,25-30,32,34H,1-9,12-21,23-24H2,(H,46,54)(H,47,50)(H,52,53)/t26-,27+,28-,29?,30+,32-,34-,43+/m0/s1. The molecule has 0 spiro atoms. The monoisotopic (exact) mass is 821 g/mol. The second-order valence-electron chi connectivity index (χ2n) is 17.8. The van der Waals surface area contributed by atoms with Crippen molar-refractivity contribution in [2.45, 2.75) is 126 Å². The van der Waals surface area contributed by atoms with E-state index in [9.17, 15) is 24.3 Å². The van der Waals surface area contributed by atoms with Crippen LogP contribution in [0.3, 0.4) is 0 Å². The van der Waals surface area contributed by atoms with Crippen LogP contribution in [0, 0.1) is 17.8 Å². The molecule has 15 heteroatoms. The van der Waals surface area contributed by atoms with Crippen molar-refractivity contribution >= 4 is 46.4 Å². The zero-order chi connectivity index (χ0) is 40.0. The van der Waals surface area contributed by atoms with Gasteiger partial charge in [-0.1, -0.05) is 43.7 Å². The minimum absolute atomic E-state index is 0.0681. The number of carboxylic acids is 1. The van der Waals surface area contributed by atoms with Crippen LogP contribution in [-0.2, 0) is 23.9 Å². The maximum atomic E-state index is 14.6. The van der Waals surface area contributed by atoms with Crippen LogP contribution in [0.4, 0.5) is 4.79 Å². The number of aliphatic carboxylic acids is 1. The van der Waals surface area contributed by atoms with Crippen LogP contribution in [0.15, 0.2) is 18.2 Å². The highest BCUT2D eigenvalue weighted by Crippen LogP contribution is 2.53. The van der Waals surface area contributed by atoms with Crippen LogP contribution in [0.1, 0.15) is 102 Å². The molecule has 1 aromatic heterocycles. The quantitative estimate of drug-likeness (QED) is 0.280.